The minimum absolute atomic E-state index is 0.0728. The molecule has 6 heteroatoms. The molecule has 1 aliphatic heterocycles. The zero-order valence-electron chi connectivity index (χ0n) is 13.9. The van der Waals surface area contributed by atoms with Crippen LogP contribution in [0.4, 0.5) is 0 Å². The summed E-state index contributed by atoms with van der Waals surface area (Å²) < 4.78 is 15.1. The van der Waals surface area contributed by atoms with Gasteiger partial charge in [0.1, 0.15) is 6.61 Å². The number of hydrogen-bond donors (Lipinski definition) is 0. The molecule has 0 bridgehead atoms. The van der Waals surface area contributed by atoms with E-state index in [4.69, 9.17) is 9.47 Å². The standard InChI is InChI=1S/C20H16O6/c1-2-13-3-5-14(6-4-13)12-24-9-10-25-18(21)15-7-8-16-17(11-15)20(23)26-19(16)22/h2-8,11H,1,9-10,12H2. The molecule has 1 aliphatic rings. The fourth-order valence-electron chi connectivity index (χ4n) is 2.43. The van der Waals surface area contributed by atoms with E-state index in [-0.39, 0.29) is 29.9 Å². The maximum atomic E-state index is 12.0. The highest BCUT2D eigenvalue weighted by Gasteiger charge is 2.30. The molecule has 2 aromatic carbocycles. The first-order valence-electron chi connectivity index (χ1n) is 7.95. The van der Waals surface area contributed by atoms with E-state index < -0.39 is 17.9 Å². The fraction of sp³-hybridized carbons (Fsp3) is 0.150. The minimum Gasteiger partial charge on any atom is -0.460 e. The first-order valence-corrected chi connectivity index (χ1v) is 7.95. The van der Waals surface area contributed by atoms with E-state index in [1.807, 2.05) is 24.3 Å². The molecule has 0 radical (unpaired) electrons. The summed E-state index contributed by atoms with van der Waals surface area (Å²) >= 11 is 0. The molecule has 0 saturated carbocycles. The number of carbonyl (C=O) groups excluding carboxylic acids is 3. The molecule has 0 amide bonds. The number of rotatable bonds is 7. The summed E-state index contributed by atoms with van der Waals surface area (Å²) in [6.45, 7) is 4.41. The molecule has 3 rings (SSSR count). The number of benzene rings is 2. The highest BCUT2D eigenvalue weighted by Crippen LogP contribution is 2.21. The minimum atomic E-state index is -0.759. The second kappa shape index (κ2) is 7.76. The van der Waals surface area contributed by atoms with Crippen molar-refractivity contribution in [2.45, 2.75) is 6.61 Å². The zero-order valence-corrected chi connectivity index (χ0v) is 13.9. The predicted octanol–water partition coefficient (Wildman–Crippen LogP) is 3.01. The van der Waals surface area contributed by atoms with Crippen LogP contribution in [0.2, 0.25) is 0 Å². The van der Waals surface area contributed by atoms with Crippen LogP contribution in [0.3, 0.4) is 0 Å². The van der Waals surface area contributed by atoms with E-state index in [9.17, 15) is 14.4 Å². The maximum absolute atomic E-state index is 12.0. The Morgan fingerprint density at radius 2 is 1.73 bits per heavy atom. The van der Waals surface area contributed by atoms with Crippen LogP contribution in [0, 0.1) is 0 Å². The fourth-order valence-corrected chi connectivity index (χ4v) is 2.43. The van der Waals surface area contributed by atoms with Crippen molar-refractivity contribution in [1.82, 2.24) is 0 Å². The van der Waals surface area contributed by atoms with Crippen LogP contribution in [-0.4, -0.2) is 31.1 Å². The Balaban J connectivity index is 1.46. The van der Waals surface area contributed by atoms with Gasteiger partial charge in [-0.25, -0.2) is 14.4 Å². The Bertz CT molecular complexity index is 866. The van der Waals surface area contributed by atoms with E-state index in [1.165, 1.54) is 18.2 Å². The molecule has 0 spiro atoms. The van der Waals surface area contributed by atoms with Crippen LogP contribution < -0.4 is 0 Å². The van der Waals surface area contributed by atoms with Gasteiger partial charge in [-0.1, -0.05) is 36.9 Å². The lowest BCUT2D eigenvalue weighted by Crippen LogP contribution is -2.11. The molecule has 2 aromatic rings. The van der Waals surface area contributed by atoms with Gasteiger partial charge in [0, 0.05) is 0 Å². The van der Waals surface area contributed by atoms with E-state index in [2.05, 4.69) is 11.3 Å². The lowest BCUT2D eigenvalue weighted by molar-refractivity contribution is 0.0288. The Morgan fingerprint density at radius 3 is 2.46 bits per heavy atom. The highest BCUT2D eigenvalue weighted by atomic mass is 16.6. The van der Waals surface area contributed by atoms with Gasteiger partial charge < -0.3 is 14.2 Å². The largest absolute Gasteiger partial charge is 0.460 e. The molecule has 132 valence electrons. The van der Waals surface area contributed by atoms with Gasteiger partial charge in [0.05, 0.1) is 29.9 Å². The van der Waals surface area contributed by atoms with Gasteiger partial charge in [0.2, 0.25) is 0 Å². The number of cyclic esters (lactones) is 2. The van der Waals surface area contributed by atoms with Crippen LogP contribution in [-0.2, 0) is 20.8 Å². The van der Waals surface area contributed by atoms with Crippen LogP contribution in [0.25, 0.3) is 6.08 Å². The summed E-state index contributed by atoms with van der Waals surface area (Å²) in [6.07, 6.45) is 1.76. The van der Waals surface area contributed by atoms with Gasteiger partial charge in [-0.15, -0.1) is 0 Å². The van der Waals surface area contributed by atoms with Gasteiger partial charge in [0.25, 0.3) is 0 Å². The zero-order chi connectivity index (χ0) is 18.5. The predicted molar refractivity (Wildman–Crippen MR) is 92.7 cm³/mol. The number of ether oxygens (including phenoxy) is 3. The molecule has 0 atom stereocenters. The Labute approximate surface area is 150 Å². The molecule has 0 unspecified atom stereocenters. The third-order valence-electron chi connectivity index (χ3n) is 3.83. The van der Waals surface area contributed by atoms with E-state index in [1.54, 1.807) is 6.08 Å². The number of hydrogen-bond acceptors (Lipinski definition) is 6. The van der Waals surface area contributed by atoms with Crippen LogP contribution in [0.5, 0.6) is 0 Å². The number of fused-ring (bicyclic) bond motifs is 1. The third-order valence-corrected chi connectivity index (χ3v) is 3.83. The van der Waals surface area contributed by atoms with E-state index in [0.717, 1.165) is 11.1 Å². The monoisotopic (exact) mass is 352 g/mol. The molecule has 6 nitrogen and oxygen atoms in total. The van der Waals surface area contributed by atoms with Crippen molar-refractivity contribution in [3.63, 3.8) is 0 Å². The molecule has 0 aromatic heterocycles. The van der Waals surface area contributed by atoms with Gasteiger partial charge in [-0.2, -0.15) is 0 Å². The second-order valence-electron chi connectivity index (χ2n) is 5.57. The van der Waals surface area contributed by atoms with Crippen LogP contribution in [0.15, 0.2) is 49.0 Å². The molecular formula is C20H16O6. The van der Waals surface area contributed by atoms with Crippen LogP contribution in [0.1, 0.15) is 42.2 Å². The van der Waals surface area contributed by atoms with Crippen LogP contribution >= 0.6 is 0 Å². The molecule has 0 saturated heterocycles. The number of carbonyl (C=O) groups is 3. The molecule has 26 heavy (non-hydrogen) atoms. The molecule has 0 aliphatic carbocycles. The SMILES string of the molecule is C=Cc1ccc(COCCOC(=O)c2ccc3c(c2)C(=O)OC3=O)cc1. The van der Waals surface area contributed by atoms with Gasteiger partial charge >= 0.3 is 17.9 Å². The van der Waals surface area contributed by atoms with Gasteiger partial charge in [0.15, 0.2) is 0 Å². The Hall–Kier alpha value is -3.25. The van der Waals surface area contributed by atoms with Crippen molar-refractivity contribution in [2.75, 3.05) is 13.2 Å². The van der Waals surface area contributed by atoms with Crippen molar-refractivity contribution in [1.29, 1.82) is 0 Å². The summed E-state index contributed by atoms with van der Waals surface area (Å²) in [7, 11) is 0. The second-order valence-corrected chi connectivity index (χ2v) is 5.57. The smallest absolute Gasteiger partial charge is 0.346 e. The maximum Gasteiger partial charge on any atom is 0.346 e. The van der Waals surface area contributed by atoms with Gasteiger partial charge in [-0.3, -0.25) is 0 Å². The van der Waals surface area contributed by atoms with Gasteiger partial charge in [-0.05, 0) is 29.3 Å². The topological polar surface area (TPSA) is 78.9 Å². The quantitative estimate of drug-likeness (QED) is 0.433. The van der Waals surface area contributed by atoms with Crippen molar-refractivity contribution >= 4 is 24.0 Å². The summed E-state index contributed by atoms with van der Waals surface area (Å²) in [5.41, 5.74) is 2.43. The molecule has 0 N–H and O–H groups in total. The molecule has 1 heterocycles. The summed E-state index contributed by atoms with van der Waals surface area (Å²) in [5.74, 6) is -2.07. The van der Waals surface area contributed by atoms with Crippen molar-refractivity contribution in [3.05, 3.63) is 76.9 Å². The van der Waals surface area contributed by atoms with E-state index >= 15 is 0 Å². The normalized spacial score (nSPS) is 12.5. The lowest BCUT2D eigenvalue weighted by Gasteiger charge is -2.07. The molecule has 0 fully saturated rings. The van der Waals surface area contributed by atoms with E-state index in [0.29, 0.717) is 6.61 Å². The van der Waals surface area contributed by atoms with Crippen molar-refractivity contribution < 1.29 is 28.6 Å². The number of esters is 3. The Kier molecular flexibility index (Phi) is 5.24. The summed E-state index contributed by atoms with van der Waals surface area (Å²) in [5, 5.41) is 0. The van der Waals surface area contributed by atoms with Crippen molar-refractivity contribution in [2.24, 2.45) is 0 Å². The Morgan fingerprint density at radius 1 is 1.00 bits per heavy atom. The first kappa shape index (κ1) is 17.6. The highest BCUT2D eigenvalue weighted by molar-refractivity contribution is 6.15. The molecular weight excluding hydrogens is 336 g/mol. The first-order chi connectivity index (χ1) is 12.6. The van der Waals surface area contributed by atoms with Crippen molar-refractivity contribution in [3.8, 4) is 0 Å². The average molecular weight is 352 g/mol. The average Bonchev–Trinajstić information content (AvgIpc) is 2.95. The summed E-state index contributed by atoms with van der Waals surface area (Å²) in [4.78, 5) is 34.9. The third kappa shape index (κ3) is 3.87. The summed E-state index contributed by atoms with van der Waals surface area (Å²) in [6, 6.07) is 11.9. The lowest BCUT2D eigenvalue weighted by atomic mass is 10.1.